The van der Waals surface area contributed by atoms with Crippen LogP contribution in [0.5, 0.6) is 0 Å². The van der Waals surface area contributed by atoms with Gasteiger partial charge in [0.1, 0.15) is 0 Å². The van der Waals surface area contributed by atoms with Crippen LogP contribution in [0.1, 0.15) is 0 Å². The minimum Gasteiger partial charge on any atom is -0.822 e. The Labute approximate surface area is 104 Å². The van der Waals surface area contributed by atoms with Crippen LogP contribution in [-0.4, -0.2) is 0 Å². The second-order valence-electron chi connectivity index (χ2n) is 0.894. The Morgan fingerprint density at radius 3 is 0.538 bits per heavy atom. The Hall–Kier alpha value is 1.74. The van der Waals surface area contributed by atoms with Crippen LogP contribution < -0.4 is 29.4 Å². The van der Waals surface area contributed by atoms with E-state index in [1.165, 1.54) is 0 Å². The first kappa shape index (κ1) is 29.3. The smallest absolute Gasteiger partial charge is 0.822 e. The molecule has 0 aliphatic rings. The maximum absolute atomic E-state index is 8.55. The summed E-state index contributed by atoms with van der Waals surface area (Å²) in [6.07, 6.45) is 0. The first-order chi connectivity index (χ1) is 4.00. The van der Waals surface area contributed by atoms with Gasteiger partial charge in [-0.1, -0.05) is 0 Å². The molecule has 0 aromatic heterocycles. The van der Waals surface area contributed by atoms with Gasteiger partial charge in [-0.25, -0.2) is 0 Å². The van der Waals surface area contributed by atoms with E-state index in [0.29, 0.717) is 0 Å². The van der Waals surface area contributed by atoms with Crippen LogP contribution in [0.15, 0.2) is 0 Å². The average molecular weight is 367 g/mol. The fraction of sp³-hybridized carbons (Fsp3) is 0. The largest absolute Gasteiger partial charge is 2.00 e. The molecule has 85 valence electrons. The van der Waals surface area contributed by atoms with Crippen molar-refractivity contribution in [1.82, 2.24) is 0 Å². The molecule has 0 bridgehead atoms. The zero-order chi connectivity index (χ0) is 9.00. The minimum absolute atomic E-state index is 0. The second kappa shape index (κ2) is 11.8. The van der Waals surface area contributed by atoms with Crippen molar-refractivity contribution in [3.63, 3.8) is 0 Å². The zero-order valence-electron chi connectivity index (χ0n) is 5.16. The molecule has 0 aliphatic heterocycles. The quantitative estimate of drug-likeness (QED) is 0.381. The molecule has 3 radical (unpaired) electrons. The van der Waals surface area contributed by atoms with Crippen molar-refractivity contribution in [1.29, 1.82) is 0 Å². The van der Waals surface area contributed by atoms with Crippen LogP contribution in [0.3, 0.4) is 0 Å². The number of phosphoric acid groups is 2. The Kier molecular flexibility index (Phi) is 26.7. The van der Waals surface area contributed by atoms with E-state index in [2.05, 4.69) is 0 Å². The van der Waals surface area contributed by atoms with Crippen LogP contribution in [0.2, 0.25) is 0 Å². The molecule has 0 spiro atoms. The van der Waals surface area contributed by atoms with Crippen LogP contribution in [0, 0.1) is 0 Å². The molecule has 0 aromatic rings. The molecule has 0 aromatic carbocycles. The Balaban J connectivity index is -0.0000000267. The van der Waals surface area contributed by atoms with Gasteiger partial charge in [0.2, 0.25) is 0 Å². The van der Waals surface area contributed by atoms with Gasteiger partial charge < -0.3 is 38.5 Å². The summed E-state index contributed by atoms with van der Waals surface area (Å²) >= 11 is 0. The fourth-order valence-corrected chi connectivity index (χ4v) is 0. The van der Waals surface area contributed by atoms with Crippen molar-refractivity contribution in [2.45, 2.75) is 0 Å². The Morgan fingerprint density at radius 1 is 0.538 bits per heavy atom. The van der Waals surface area contributed by atoms with Gasteiger partial charge in [-0.2, -0.15) is 15.6 Å². The number of hydrogen-bond acceptors (Lipinski definition) is 8. The SMILES string of the molecule is O=P([O-])([O-])[O-].O=P([O-])([O-])[O-].[Co+2].[Co+2].[Co+2]. The van der Waals surface area contributed by atoms with Crippen LogP contribution in [0.4, 0.5) is 0 Å². The fourth-order valence-electron chi connectivity index (χ4n) is 0. The van der Waals surface area contributed by atoms with Crippen LogP contribution in [0.25, 0.3) is 0 Å². The molecule has 0 amide bonds. The zero-order valence-corrected chi connectivity index (χ0v) is 10.1. The third kappa shape index (κ3) is 626. The van der Waals surface area contributed by atoms with Gasteiger partial charge in [0.15, 0.2) is 0 Å². The molecule has 0 aliphatic carbocycles. The van der Waals surface area contributed by atoms with E-state index >= 15 is 0 Å². The molecule has 13 heteroatoms. The van der Waals surface area contributed by atoms with Gasteiger partial charge in [-0.15, -0.1) is 0 Å². The normalized spacial score (nSPS) is 9.08. The summed E-state index contributed by atoms with van der Waals surface area (Å²) in [4.78, 5) is 51.3. The van der Waals surface area contributed by atoms with Crippen molar-refractivity contribution in [2.24, 2.45) is 0 Å². The van der Waals surface area contributed by atoms with Gasteiger partial charge in [-0.3, -0.25) is 0 Å². The summed E-state index contributed by atoms with van der Waals surface area (Å²) < 4.78 is 17.1. The van der Waals surface area contributed by atoms with E-state index in [1.54, 1.807) is 0 Å². The minimum atomic E-state index is -5.39. The molecular weight excluding hydrogens is 367 g/mol. The molecule has 0 saturated carbocycles. The Bertz CT molecular complexity index is 130. The topological polar surface area (TPSA) is 172 Å². The standard InChI is InChI=1S/3Co.2H3O4P/c;;;2*1-5(2,3)4/h;;;2*(H3,1,2,3,4)/q3*+2;;/p-6. The van der Waals surface area contributed by atoms with E-state index in [0.717, 1.165) is 0 Å². The van der Waals surface area contributed by atoms with E-state index in [9.17, 15) is 0 Å². The molecule has 0 unspecified atom stereocenters. The summed E-state index contributed by atoms with van der Waals surface area (Å²) in [7, 11) is -10.8. The number of rotatable bonds is 0. The van der Waals surface area contributed by atoms with Crippen LogP contribution >= 0.6 is 15.6 Å². The third-order valence-corrected chi connectivity index (χ3v) is 0. The predicted octanol–water partition coefficient (Wildman–Crippen LogP) is -5.66. The molecule has 0 N–H and O–H groups in total. The monoisotopic (exact) mass is 367 g/mol. The van der Waals surface area contributed by atoms with Gasteiger partial charge in [0.25, 0.3) is 0 Å². The summed E-state index contributed by atoms with van der Waals surface area (Å²) in [6.45, 7) is 0. The van der Waals surface area contributed by atoms with E-state index in [1.807, 2.05) is 0 Å². The van der Waals surface area contributed by atoms with Crippen LogP contribution in [-0.2, 0) is 59.5 Å². The van der Waals surface area contributed by atoms with Gasteiger partial charge in [-0.05, 0) is 0 Å². The van der Waals surface area contributed by atoms with Crippen molar-refractivity contribution >= 4 is 15.6 Å². The van der Waals surface area contributed by atoms with Crippen molar-refractivity contribution in [3.05, 3.63) is 0 Å². The second-order valence-corrected chi connectivity index (χ2v) is 2.68. The van der Waals surface area contributed by atoms with Crippen molar-refractivity contribution < 1.29 is 88.8 Å². The van der Waals surface area contributed by atoms with Gasteiger partial charge >= 0.3 is 50.3 Å². The molecule has 13 heavy (non-hydrogen) atoms. The third-order valence-electron chi connectivity index (χ3n) is 0. The van der Waals surface area contributed by atoms with E-state index in [-0.39, 0.29) is 50.3 Å². The molecule has 0 heterocycles. The average Bonchev–Trinajstić information content (AvgIpc) is 1.12. The van der Waals surface area contributed by atoms with E-state index < -0.39 is 15.6 Å². The molecule has 8 nitrogen and oxygen atoms in total. The Morgan fingerprint density at radius 2 is 0.538 bits per heavy atom. The summed E-state index contributed by atoms with van der Waals surface area (Å²) in [5, 5.41) is 0. The first-order valence-electron chi connectivity index (χ1n) is 1.46. The predicted molar refractivity (Wildman–Crippen MR) is 15.2 cm³/mol. The maximum Gasteiger partial charge on any atom is 2.00 e. The van der Waals surface area contributed by atoms with Crippen molar-refractivity contribution in [3.8, 4) is 0 Å². The maximum atomic E-state index is 8.55. The van der Waals surface area contributed by atoms with E-state index in [4.69, 9.17) is 38.5 Å². The van der Waals surface area contributed by atoms with Crippen molar-refractivity contribution in [2.75, 3.05) is 0 Å². The first-order valence-corrected chi connectivity index (χ1v) is 4.38. The molecule has 0 atom stereocenters. The number of hydrogen-bond donors (Lipinski definition) is 0. The summed E-state index contributed by atoms with van der Waals surface area (Å²) in [6, 6.07) is 0. The summed E-state index contributed by atoms with van der Waals surface area (Å²) in [5.74, 6) is 0. The molecular formula is Co3O8P2. The van der Waals surface area contributed by atoms with Gasteiger partial charge in [0, 0.05) is 0 Å². The van der Waals surface area contributed by atoms with Gasteiger partial charge in [0.05, 0.1) is 0 Å². The molecule has 0 saturated heterocycles. The molecule has 0 fully saturated rings. The molecule has 0 rings (SSSR count). The summed E-state index contributed by atoms with van der Waals surface area (Å²) in [5.41, 5.74) is 0.